The summed E-state index contributed by atoms with van der Waals surface area (Å²) in [6.45, 7) is 4.10. The Hall–Kier alpha value is -0.0900. The Bertz CT molecular complexity index is 313. The third kappa shape index (κ3) is 3.45. The van der Waals surface area contributed by atoms with E-state index >= 15 is 0 Å². The summed E-state index contributed by atoms with van der Waals surface area (Å²) in [6.07, 6.45) is 6.19. The van der Waals surface area contributed by atoms with E-state index in [0.29, 0.717) is 5.92 Å². The highest BCUT2D eigenvalue weighted by Gasteiger charge is 2.33. The fraction of sp³-hybridized carbons (Fsp3) is 1.00. The highest BCUT2D eigenvalue weighted by atomic mass is 32.2. The highest BCUT2D eigenvalue weighted by molar-refractivity contribution is 7.91. The molecule has 1 fully saturated rings. The molecule has 1 aliphatic rings. The standard InChI is InChI=1S/C12H25NO2S/c1-9-6-5-7-11(8-9)12(13-3)10(2)16(4,14)15/h9-13H,5-8H2,1-4H3. The van der Waals surface area contributed by atoms with Gasteiger partial charge in [-0.3, -0.25) is 0 Å². The first-order valence-corrected chi connectivity index (χ1v) is 8.17. The van der Waals surface area contributed by atoms with Crippen molar-refractivity contribution in [2.24, 2.45) is 11.8 Å². The van der Waals surface area contributed by atoms with E-state index in [9.17, 15) is 8.42 Å². The molecule has 4 heteroatoms. The lowest BCUT2D eigenvalue weighted by Crippen LogP contribution is -2.47. The first-order valence-electron chi connectivity index (χ1n) is 6.22. The van der Waals surface area contributed by atoms with Gasteiger partial charge in [0.1, 0.15) is 0 Å². The summed E-state index contributed by atoms with van der Waals surface area (Å²) < 4.78 is 23.2. The fourth-order valence-electron chi connectivity index (χ4n) is 2.93. The molecule has 4 unspecified atom stereocenters. The quantitative estimate of drug-likeness (QED) is 0.824. The average Bonchev–Trinajstić information content (AvgIpc) is 2.17. The summed E-state index contributed by atoms with van der Waals surface area (Å²) in [5.41, 5.74) is 0. The molecule has 16 heavy (non-hydrogen) atoms. The van der Waals surface area contributed by atoms with E-state index in [-0.39, 0.29) is 11.3 Å². The zero-order valence-electron chi connectivity index (χ0n) is 10.9. The van der Waals surface area contributed by atoms with Gasteiger partial charge in [-0.15, -0.1) is 0 Å². The van der Waals surface area contributed by atoms with Gasteiger partial charge >= 0.3 is 0 Å². The van der Waals surface area contributed by atoms with Gasteiger partial charge in [-0.25, -0.2) is 8.42 Å². The Labute approximate surface area is 99.9 Å². The number of hydrogen-bond acceptors (Lipinski definition) is 3. The summed E-state index contributed by atoms with van der Waals surface area (Å²) in [5, 5.41) is 2.94. The van der Waals surface area contributed by atoms with Crippen molar-refractivity contribution in [3.05, 3.63) is 0 Å². The molecule has 0 aromatic rings. The maximum atomic E-state index is 11.6. The second-order valence-electron chi connectivity index (χ2n) is 5.38. The summed E-state index contributed by atoms with van der Waals surface area (Å²) in [5.74, 6) is 1.25. The van der Waals surface area contributed by atoms with Crippen molar-refractivity contribution in [1.29, 1.82) is 0 Å². The van der Waals surface area contributed by atoms with Crippen molar-refractivity contribution in [2.45, 2.75) is 50.8 Å². The van der Waals surface area contributed by atoms with Crippen LogP contribution in [0.5, 0.6) is 0 Å². The van der Waals surface area contributed by atoms with Crippen LogP contribution in [0.4, 0.5) is 0 Å². The number of sulfone groups is 1. The van der Waals surface area contributed by atoms with Crippen LogP contribution < -0.4 is 5.32 Å². The van der Waals surface area contributed by atoms with Gasteiger partial charge in [0.15, 0.2) is 9.84 Å². The van der Waals surface area contributed by atoms with Gasteiger partial charge in [0, 0.05) is 12.3 Å². The first kappa shape index (κ1) is 14.0. The molecule has 0 aliphatic heterocycles. The van der Waals surface area contributed by atoms with Gasteiger partial charge in [-0.1, -0.05) is 19.8 Å². The first-order chi connectivity index (χ1) is 7.36. The van der Waals surface area contributed by atoms with Crippen LogP contribution in [0.1, 0.15) is 39.5 Å². The van der Waals surface area contributed by atoms with Crippen LogP contribution in [-0.4, -0.2) is 33.0 Å². The van der Waals surface area contributed by atoms with E-state index < -0.39 is 9.84 Å². The molecule has 0 heterocycles. The molecule has 0 saturated heterocycles. The van der Waals surface area contributed by atoms with Gasteiger partial charge in [0.2, 0.25) is 0 Å². The molecule has 3 nitrogen and oxygen atoms in total. The van der Waals surface area contributed by atoms with E-state index in [0.717, 1.165) is 18.8 Å². The van der Waals surface area contributed by atoms with Gasteiger partial charge < -0.3 is 5.32 Å². The Morgan fingerprint density at radius 1 is 1.31 bits per heavy atom. The Morgan fingerprint density at radius 3 is 2.38 bits per heavy atom. The molecule has 96 valence electrons. The number of nitrogens with one attached hydrogen (secondary N) is 1. The van der Waals surface area contributed by atoms with Crippen LogP contribution in [0.2, 0.25) is 0 Å². The van der Waals surface area contributed by atoms with Gasteiger partial charge in [0.25, 0.3) is 0 Å². The molecule has 0 aromatic carbocycles. The number of rotatable bonds is 4. The van der Waals surface area contributed by atoms with E-state index in [2.05, 4.69) is 12.2 Å². The maximum Gasteiger partial charge on any atom is 0.151 e. The smallest absolute Gasteiger partial charge is 0.151 e. The van der Waals surface area contributed by atoms with E-state index in [1.165, 1.54) is 19.1 Å². The molecule has 1 N–H and O–H groups in total. The fourth-order valence-corrected chi connectivity index (χ4v) is 3.82. The minimum Gasteiger partial charge on any atom is -0.315 e. The zero-order valence-corrected chi connectivity index (χ0v) is 11.7. The van der Waals surface area contributed by atoms with Gasteiger partial charge in [0.05, 0.1) is 5.25 Å². The van der Waals surface area contributed by atoms with Crippen LogP contribution >= 0.6 is 0 Å². The molecule has 1 rings (SSSR count). The van der Waals surface area contributed by atoms with Crippen molar-refractivity contribution in [2.75, 3.05) is 13.3 Å². The highest BCUT2D eigenvalue weighted by Crippen LogP contribution is 2.32. The zero-order chi connectivity index (χ0) is 12.3. The van der Waals surface area contributed by atoms with Crippen LogP contribution in [0.3, 0.4) is 0 Å². The molecule has 0 bridgehead atoms. The minimum absolute atomic E-state index is 0.109. The number of hydrogen-bond donors (Lipinski definition) is 1. The Kier molecular flexibility index (Phi) is 4.80. The second kappa shape index (κ2) is 5.50. The van der Waals surface area contributed by atoms with E-state index in [1.807, 2.05) is 14.0 Å². The normalized spacial score (nSPS) is 31.0. The molecule has 1 saturated carbocycles. The lowest BCUT2D eigenvalue weighted by atomic mass is 9.78. The van der Waals surface area contributed by atoms with Crippen LogP contribution in [-0.2, 0) is 9.84 Å². The summed E-state index contributed by atoms with van der Waals surface area (Å²) in [6, 6.07) is 0.109. The molecule has 0 radical (unpaired) electrons. The molecule has 0 aromatic heterocycles. The third-order valence-electron chi connectivity index (χ3n) is 4.00. The summed E-state index contributed by atoms with van der Waals surface area (Å²) in [4.78, 5) is 0. The lowest BCUT2D eigenvalue weighted by molar-refractivity contribution is 0.226. The summed E-state index contributed by atoms with van der Waals surface area (Å²) in [7, 11) is -1.06. The maximum absolute atomic E-state index is 11.6. The van der Waals surface area contributed by atoms with Crippen LogP contribution in [0.15, 0.2) is 0 Å². The van der Waals surface area contributed by atoms with Crippen LogP contribution in [0, 0.1) is 11.8 Å². The molecule has 4 atom stereocenters. The van der Waals surface area contributed by atoms with Gasteiger partial charge in [-0.2, -0.15) is 0 Å². The Morgan fingerprint density at radius 2 is 1.94 bits per heavy atom. The molecule has 0 spiro atoms. The summed E-state index contributed by atoms with van der Waals surface area (Å²) >= 11 is 0. The van der Waals surface area contributed by atoms with E-state index in [4.69, 9.17) is 0 Å². The van der Waals surface area contributed by atoms with Crippen molar-refractivity contribution < 1.29 is 8.42 Å². The monoisotopic (exact) mass is 247 g/mol. The SMILES string of the molecule is CNC(C1CCCC(C)C1)C(C)S(C)(=O)=O. The van der Waals surface area contributed by atoms with Crippen molar-refractivity contribution in [3.63, 3.8) is 0 Å². The predicted molar refractivity (Wildman–Crippen MR) is 68.3 cm³/mol. The predicted octanol–water partition coefficient (Wildman–Crippen LogP) is 1.83. The van der Waals surface area contributed by atoms with Crippen molar-refractivity contribution in [1.82, 2.24) is 5.32 Å². The largest absolute Gasteiger partial charge is 0.315 e. The minimum atomic E-state index is -2.94. The molecular weight excluding hydrogens is 222 g/mol. The van der Waals surface area contributed by atoms with Crippen molar-refractivity contribution in [3.8, 4) is 0 Å². The molecule has 1 aliphatic carbocycles. The van der Waals surface area contributed by atoms with E-state index in [1.54, 1.807) is 0 Å². The van der Waals surface area contributed by atoms with Gasteiger partial charge in [-0.05, 0) is 38.6 Å². The van der Waals surface area contributed by atoms with Crippen molar-refractivity contribution >= 4 is 9.84 Å². The van der Waals surface area contributed by atoms with Crippen LogP contribution in [0.25, 0.3) is 0 Å². The Balaban J connectivity index is 2.73. The average molecular weight is 247 g/mol. The molecular formula is C12H25NO2S. The topological polar surface area (TPSA) is 46.2 Å². The third-order valence-corrected chi connectivity index (χ3v) is 5.64. The lowest BCUT2D eigenvalue weighted by Gasteiger charge is -2.35. The molecule has 0 amide bonds. The second-order valence-corrected chi connectivity index (χ2v) is 7.78.